The second-order valence-electron chi connectivity index (χ2n) is 4.57. The van der Waals surface area contributed by atoms with Gasteiger partial charge in [-0.15, -0.1) is 0 Å². The molecule has 1 heterocycles. The lowest BCUT2D eigenvalue weighted by Gasteiger charge is -2.28. The number of nitrogens with one attached hydrogen (secondary N) is 1. The number of methoxy groups -OCH3 is 1. The number of imidazole rings is 1. The summed E-state index contributed by atoms with van der Waals surface area (Å²) in [4.78, 5) is 7.62. The number of aromatic nitrogens is 2. The first-order valence-corrected chi connectivity index (χ1v) is 5.78. The molecule has 1 unspecified atom stereocenters. The molecule has 5 heteroatoms. The van der Waals surface area contributed by atoms with Crippen LogP contribution in [0.15, 0.2) is 18.2 Å². The highest BCUT2D eigenvalue weighted by molar-refractivity contribution is 6.31. The first kappa shape index (κ1) is 12.4. The van der Waals surface area contributed by atoms with Gasteiger partial charge in [0, 0.05) is 12.1 Å². The number of aromatic amines is 1. The monoisotopic (exact) mass is 253 g/mol. The van der Waals surface area contributed by atoms with Gasteiger partial charge in [-0.3, -0.25) is 0 Å². The maximum atomic E-state index is 6.13. The fourth-order valence-electron chi connectivity index (χ4n) is 1.61. The molecular formula is C12H16ClN3O. The average molecular weight is 254 g/mol. The number of fused-ring (bicyclic) bond motifs is 1. The Bertz CT molecular complexity index is 536. The fourth-order valence-corrected chi connectivity index (χ4v) is 1.78. The van der Waals surface area contributed by atoms with E-state index in [1.165, 1.54) is 0 Å². The number of nitrogens with two attached hydrogens (primary N) is 1. The van der Waals surface area contributed by atoms with Crippen LogP contribution in [0.4, 0.5) is 0 Å². The van der Waals surface area contributed by atoms with Gasteiger partial charge in [-0.2, -0.15) is 0 Å². The normalized spacial score (nSPS) is 14.2. The molecule has 0 aliphatic rings. The van der Waals surface area contributed by atoms with E-state index >= 15 is 0 Å². The van der Waals surface area contributed by atoms with Crippen molar-refractivity contribution in [2.75, 3.05) is 7.11 Å². The van der Waals surface area contributed by atoms with E-state index in [9.17, 15) is 0 Å². The number of hydrogen-bond acceptors (Lipinski definition) is 3. The van der Waals surface area contributed by atoms with E-state index in [2.05, 4.69) is 9.97 Å². The van der Waals surface area contributed by atoms with Crippen molar-refractivity contribution in [1.82, 2.24) is 9.97 Å². The summed E-state index contributed by atoms with van der Waals surface area (Å²) >= 11 is 5.92. The molecule has 92 valence electrons. The van der Waals surface area contributed by atoms with Crippen LogP contribution in [0.1, 0.15) is 25.7 Å². The molecule has 0 amide bonds. The van der Waals surface area contributed by atoms with Crippen molar-refractivity contribution >= 4 is 22.6 Å². The molecule has 2 rings (SSSR count). The number of nitrogens with zero attached hydrogens (tertiary/aromatic N) is 1. The number of halogens is 1. The van der Waals surface area contributed by atoms with Gasteiger partial charge < -0.3 is 15.5 Å². The third-order valence-corrected chi connectivity index (χ3v) is 3.27. The molecular weight excluding hydrogens is 238 g/mol. The van der Waals surface area contributed by atoms with E-state index in [-0.39, 0.29) is 6.04 Å². The van der Waals surface area contributed by atoms with Crippen LogP contribution in [0.5, 0.6) is 0 Å². The maximum absolute atomic E-state index is 6.13. The second-order valence-corrected chi connectivity index (χ2v) is 5.01. The molecule has 0 saturated heterocycles. The Labute approximate surface area is 105 Å². The van der Waals surface area contributed by atoms with Gasteiger partial charge in [0.15, 0.2) is 0 Å². The highest BCUT2D eigenvalue weighted by atomic mass is 35.5. The smallest absolute Gasteiger partial charge is 0.127 e. The largest absolute Gasteiger partial charge is 0.377 e. The second kappa shape index (κ2) is 4.29. The van der Waals surface area contributed by atoms with Gasteiger partial charge in [-0.05, 0) is 32.0 Å². The van der Waals surface area contributed by atoms with Crippen molar-refractivity contribution in [2.24, 2.45) is 5.73 Å². The van der Waals surface area contributed by atoms with E-state index in [0.29, 0.717) is 10.8 Å². The molecule has 0 radical (unpaired) electrons. The third-order valence-electron chi connectivity index (χ3n) is 3.03. The first-order valence-electron chi connectivity index (χ1n) is 5.40. The molecule has 0 bridgehead atoms. The molecule has 2 aromatic rings. The topological polar surface area (TPSA) is 63.9 Å². The Balaban J connectivity index is 2.43. The van der Waals surface area contributed by atoms with Crippen LogP contribution in [0.2, 0.25) is 5.02 Å². The summed E-state index contributed by atoms with van der Waals surface area (Å²) < 4.78 is 5.36. The van der Waals surface area contributed by atoms with Gasteiger partial charge in [-0.25, -0.2) is 4.98 Å². The standard InChI is InChI=1S/C12H16ClN3O/c1-12(2,17-3)10(14)11-15-8-5-4-7(13)6-9(8)16-11/h4-6,10H,14H2,1-3H3,(H,15,16). The van der Waals surface area contributed by atoms with Gasteiger partial charge in [0.1, 0.15) is 5.82 Å². The van der Waals surface area contributed by atoms with E-state index in [1.54, 1.807) is 7.11 Å². The van der Waals surface area contributed by atoms with Crippen LogP contribution < -0.4 is 5.73 Å². The molecule has 3 N–H and O–H groups in total. The summed E-state index contributed by atoms with van der Waals surface area (Å²) in [7, 11) is 1.64. The van der Waals surface area contributed by atoms with E-state index < -0.39 is 5.60 Å². The lowest BCUT2D eigenvalue weighted by molar-refractivity contribution is -0.00194. The zero-order chi connectivity index (χ0) is 12.6. The zero-order valence-electron chi connectivity index (χ0n) is 10.1. The number of H-pyrrole nitrogens is 1. The zero-order valence-corrected chi connectivity index (χ0v) is 10.9. The third kappa shape index (κ3) is 2.29. The molecule has 1 aromatic carbocycles. The maximum Gasteiger partial charge on any atom is 0.127 e. The van der Waals surface area contributed by atoms with Crippen molar-refractivity contribution in [3.05, 3.63) is 29.0 Å². The van der Waals surface area contributed by atoms with Crippen LogP contribution >= 0.6 is 11.6 Å². The lowest BCUT2D eigenvalue weighted by Crippen LogP contribution is -2.37. The van der Waals surface area contributed by atoms with Gasteiger partial charge in [0.05, 0.1) is 22.7 Å². The predicted molar refractivity (Wildman–Crippen MR) is 69.1 cm³/mol. The fraction of sp³-hybridized carbons (Fsp3) is 0.417. The SMILES string of the molecule is COC(C)(C)C(N)c1nc2ccc(Cl)cc2[nH]1. The summed E-state index contributed by atoms with van der Waals surface area (Å²) in [6.07, 6.45) is 0. The minimum absolute atomic E-state index is 0.321. The van der Waals surface area contributed by atoms with Crippen molar-refractivity contribution in [2.45, 2.75) is 25.5 Å². The summed E-state index contributed by atoms with van der Waals surface area (Å²) in [5.74, 6) is 0.703. The van der Waals surface area contributed by atoms with Crippen LogP contribution in [0, 0.1) is 0 Å². The molecule has 4 nitrogen and oxygen atoms in total. The van der Waals surface area contributed by atoms with Crippen molar-refractivity contribution in [3.63, 3.8) is 0 Å². The molecule has 0 spiro atoms. The van der Waals surface area contributed by atoms with Crippen molar-refractivity contribution < 1.29 is 4.74 Å². The van der Waals surface area contributed by atoms with Crippen LogP contribution in [0.25, 0.3) is 11.0 Å². The number of ether oxygens (including phenoxy) is 1. The molecule has 1 atom stereocenters. The molecule has 1 aromatic heterocycles. The molecule has 17 heavy (non-hydrogen) atoms. The van der Waals surface area contributed by atoms with Gasteiger partial charge >= 0.3 is 0 Å². The average Bonchev–Trinajstić information content (AvgIpc) is 2.70. The number of hydrogen-bond donors (Lipinski definition) is 2. The van der Waals surface area contributed by atoms with E-state index in [4.69, 9.17) is 22.1 Å². The Morgan fingerprint density at radius 3 is 2.82 bits per heavy atom. The first-order chi connectivity index (χ1) is 7.94. The van der Waals surface area contributed by atoms with E-state index in [1.807, 2.05) is 32.0 Å². The Morgan fingerprint density at radius 1 is 1.47 bits per heavy atom. The Hall–Kier alpha value is -1.10. The quantitative estimate of drug-likeness (QED) is 0.884. The number of benzene rings is 1. The minimum Gasteiger partial charge on any atom is -0.377 e. The summed E-state index contributed by atoms with van der Waals surface area (Å²) in [6, 6.07) is 5.18. The summed E-state index contributed by atoms with van der Waals surface area (Å²) in [6.45, 7) is 3.86. The van der Waals surface area contributed by atoms with Crippen molar-refractivity contribution in [3.8, 4) is 0 Å². The summed E-state index contributed by atoms with van der Waals surface area (Å²) in [5.41, 5.74) is 7.40. The highest BCUT2D eigenvalue weighted by Crippen LogP contribution is 2.26. The van der Waals surface area contributed by atoms with Crippen LogP contribution in [-0.4, -0.2) is 22.7 Å². The molecule has 0 aliphatic heterocycles. The lowest BCUT2D eigenvalue weighted by atomic mass is 9.99. The Kier molecular flexibility index (Phi) is 3.12. The van der Waals surface area contributed by atoms with Crippen LogP contribution in [0.3, 0.4) is 0 Å². The van der Waals surface area contributed by atoms with Gasteiger partial charge in [0.25, 0.3) is 0 Å². The van der Waals surface area contributed by atoms with Gasteiger partial charge in [-0.1, -0.05) is 11.6 Å². The molecule has 0 saturated carbocycles. The van der Waals surface area contributed by atoms with Gasteiger partial charge in [0.2, 0.25) is 0 Å². The Morgan fingerprint density at radius 2 is 2.18 bits per heavy atom. The minimum atomic E-state index is -0.475. The molecule has 0 fully saturated rings. The predicted octanol–water partition coefficient (Wildman–Crippen LogP) is 2.64. The summed E-state index contributed by atoms with van der Waals surface area (Å²) in [5, 5.41) is 0.673. The number of rotatable bonds is 3. The van der Waals surface area contributed by atoms with Crippen molar-refractivity contribution in [1.29, 1.82) is 0 Å². The molecule has 0 aliphatic carbocycles. The van der Waals surface area contributed by atoms with Crippen LogP contribution in [-0.2, 0) is 4.74 Å². The van der Waals surface area contributed by atoms with E-state index in [0.717, 1.165) is 11.0 Å². The highest BCUT2D eigenvalue weighted by Gasteiger charge is 2.29.